The van der Waals surface area contributed by atoms with Crippen LogP contribution in [0.3, 0.4) is 0 Å². The predicted molar refractivity (Wildman–Crippen MR) is 82.8 cm³/mol. The molecule has 0 heterocycles. The zero-order valence-corrected chi connectivity index (χ0v) is 14.0. The lowest BCUT2D eigenvalue weighted by Crippen LogP contribution is -2.33. The van der Waals surface area contributed by atoms with Crippen LogP contribution in [0.5, 0.6) is 0 Å². The fourth-order valence-corrected chi connectivity index (χ4v) is 3.38. The predicted octanol–water partition coefficient (Wildman–Crippen LogP) is 6.45. The topological polar surface area (TPSA) is 0 Å². The maximum absolute atomic E-state index is 2.53. The van der Waals surface area contributed by atoms with Gasteiger partial charge in [-0.25, -0.2) is 0 Å². The first-order valence-corrected chi connectivity index (χ1v) is 8.08. The summed E-state index contributed by atoms with van der Waals surface area (Å²) >= 11 is 0. The van der Waals surface area contributed by atoms with Gasteiger partial charge in [-0.15, -0.1) is 0 Å². The molecule has 0 aromatic carbocycles. The second-order valence-corrected chi connectivity index (χ2v) is 9.03. The molecule has 0 spiro atoms. The highest BCUT2D eigenvalue weighted by atomic mass is 14.5. The second-order valence-electron chi connectivity index (χ2n) is 9.03. The Hall–Kier alpha value is 0. The fraction of sp³-hybridized carbons (Fsp3) is 1.00. The summed E-state index contributed by atoms with van der Waals surface area (Å²) in [6, 6.07) is 0. The van der Waals surface area contributed by atoms with Gasteiger partial charge in [0.1, 0.15) is 0 Å². The molecule has 2 atom stereocenters. The normalized spacial score (nSPS) is 34.5. The van der Waals surface area contributed by atoms with E-state index in [2.05, 4.69) is 48.5 Å². The van der Waals surface area contributed by atoms with Crippen LogP contribution in [0.4, 0.5) is 0 Å². The molecule has 0 amide bonds. The van der Waals surface area contributed by atoms with Crippen LogP contribution in [0.1, 0.15) is 93.4 Å². The van der Waals surface area contributed by atoms with Gasteiger partial charge in [-0.3, -0.25) is 0 Å². The molecular formula is C18H36. The first kappa shape index (κ1) is 16.1. The van der Waals surface area contributed by atoms with E-state index in [1.54, 1.807) is 0 Å². The number of hydrogen-bond donors (Lipinski definition) is 0. The van der Waals surface area contributed by atoms with E-state index < -0.39 is 0 Å². The van der Waals surface area contributed by atoms with E-state index in [-0.39, 0.29) is 0 Å². The Morgan fingerprint density at radius 3 is 2.06 bits per heavy atom. The molecule has 0 heteroatoms. The summed E-state index contributed by atoms with van der Waals surface area (Å²) in [5.41, 5.74) is 1.93. The van der Waals surface area contributed by atoms with Gasteiger partial charge >= 0.3 is 0 Å². The highest BCUT2D eigenvalue weighted by molar-refractivity contribution is 4.95. The quantitative estimate of drug-likeness (QED) is 0.465. The van der Waals surface area contributed by atoms with Gasteiger partial charge in [0.25, 0.3) is 0 Å². The molecule has 2 saturated carbocycles. The molecule has 108 valence electrons. The van der Waals surface area contributed by atoms with Gasteiger partial charge in [-0.05, 0) is 54.3 Å². The van der Waals surface area contributed by atoms with Crippen molar-refractivity contribution in [1.82, 2.24) is 0 Å². The van der Waals surface area contributed by atoms with Crippen LogP contribution in [0.15, 0.2) is 0 Å². The third-order valence-corrected chi connectivity index (χ3v) is 5.52. The standard InChI is InChI=1S/C12H22.C6H14/c1-11(2)7-8-12(3)6-4-5-10(12)9-11;1-5-6(2,3)4/h10H,4-9H2,1-3H3;5H2,1-4H3/t10?,12-;/m1./s1. The highest BCUT2D eigenvalue weighted by Gasteiger charge is 2.45. The van der Waals surface area contributed by atoms with E-state index in [0.717, 1.165) is 11.3 Å². The van der Waals surface area contributed by atoms with Gasteiger partial charge in [-0.1, -0.05) is 61.3 Å². The van der Waals surface area contributed by atoms with E-state index in [4.69, 9.17) is 0 Å². The highest BCUT2D eigenvalue weighted by Crippen LogP contribution is 2.56. The van der Waals surface area contributed by atoms with Gasteiger partial charge in [0.2, 0.25) is 0 Å². The molecular weight excluding hydrogens is 216 g/mol. The zero-order chi connectivity index (χ0) is 14.0. The van der Waals surface area contributed by atoms with Crippen molar-refractivity contribution in [1.29, 1.82) is 0 Å². The lowest BCUT2D eigenvalue weighted by molar-refractivity contribution is 0.0662. The molecule has 0 nitrogen and oxygen atoms in total. The van der Waals surface area contributed by atoms with Crippen LogP contribution in [-0.4, -0.2) is 0 Å². The summed E-state index contributed by atoms with van der Waals surface area (Å²) in [6.07, 6.45) is 10.2. The van der Waals surface area contributed by atoms with Crippen molar-refractivity contribution >= 4 is 0 Å². The van der Waals surface area contributed by atoms with E-state index in [1.165, 1.54) is 44.9 Å². The smallest absolute Gasteiger partial charge is 0.0297 e. The van der Waals surface area contributed by atoms with Crippen LogP contribution in [0.2, 0.25) is 0 Å². The Morgan fingerprint density at radius 1 is 1.00 bits per heavy atom. The molecule has 0 aromatic rings. The lowest BCUT2D eigenvalue weighted by atomic mass is 9.61. The third-order valence-electron chi connectivity index (χ3n) is 5.52. The first-order chi connectivity index (χ1) is 8.08. The molecule has 1 unspecified atom stereocenters. The summed E-state index contributed by atoms with van der Waals surface area (Å²) in [4.78, 5) is 0. The SMILES string of the molecule is CC1(C)CC[C@@]2(C)CCCC2C1.CCC(C)(C)C. The van der Waals surface area contributed by atoms with Gasteiger partial charge in [0.15, 0.2) is 0 Å². The van der Waals surface area contributed by atoms with Gasteiger partial charge in [0, 0.05) is 0 Å². The van der Waals surface area contributed by atoms with Crippen LogP contribution >= 0.6 is 0 Å². The zero-order valence-electron chi connectivity index (χ0n) is 14.0. The molecule has 2 aliphatic carbocycles. The molecule has 0 aromatic heterocycles. The molecule has 0 N–H and O–H groups in total. The monoisotopic (exact) mass is 252 g/mol. The Kier molecular flexibility index (Phi) is 4.95. The molecule has 0 radical (unpaired) electrons. The summed E-state index contributed by atoms with van der Waals surface area (Å²) in [5.74, 6) is 1.06. The molecule has 2 rings (SSSR count). The van der Waals surface area contributed by atoms with Crippen molar-refractivity contribution in [2.24, 2.45) is 22.2 Å². The number of rotatable bonds is 0. The van der Waals surface area contributed by atoms with Crippen molar-refractivity contribution in [3.63, 3.8) is 0 Å². The summed E-state index contributed by atoms with van der Waals surface area (Å²) in [7, 11) is 0. The van der Waals surface area contributed by atoms with Gasteiger partial charge < -0.3 is 0 Å². The average molecular weight is 252 g/mol. The average Bonchev–Trinajstić information content (AvgIpc) is 2.59. The fourth-order valence-electron chi connectivity index (χ4n) is 3.38. The molecule has 0 aliphatic heterocycles. The van der Waals surface area contributed by atoms with Crippen molar-refractivity contribution in [3.8, 4) is 0 Å². The van der Waals surface area contributed by atoms with E-state index in [1.807, 2.05) is 0 Å². The van der Waals surface area contributed by atoms with Crippen molar-refractivity contribution < 1.29 is 0 Å². The Balaban J connectivity index is 0.000000232. The number of fused-ring (bicyclic) bond motifs is 1. The second kappa shape index (κ2) is 5.55. The van der Waals surface area contributed by atoms with Crippen LogP contribution < -0.4 is 0 Å². The lowest BCUT2D eigenvalue weighted by Gasteiger charge is -2.44. The minimum Gasteiger partial charge on any atom is -0.0649 e. The Bertz CT molecular complexity index is 256. The first-order valence-electron chi connectivity index (χ1n) is 8.08. The minimum atomic E-state index is 0.542. The van der Waals surface area contributed by atoms with Crippen LogP contribution in [0, 0.1) is 22.2 Å². The van der Waals surface area contributed by atoms with E-state index in [9.17, 15) is 0 Å². The summed E-state index contributed by atoms with van der Waals surface area (Å²) in [6.45, 7) is 16.4. The third kappa shape index (κ3) is 4.59. The van der Waals surface area contributed by atoms with E-state index >= 15 is 0 Å². The van der Waals surface area contributed by atoms with E-state index in [0.29, 0.717) is 10.8 Å². The Labute approximate surface area is 116 Å². The molecule has 18 heavy (non-hydrogen) atoms. The Morgan fingerprint density at radius 2 is 1.56 bits per heavy atom. The van der Waals surface area contributed by atoms with Crippen LogP contribution in [0.25, 0.3) is 0 Å². The molecule has 0 saturated heterocycles. The molecule has 2 aliphatic rings. The molecule has 2 fully saturated rings. The summed E-state index contributed by atoms with van der Waals surface area (Å²) in [5, 5.41) is 0. The van der Waals surface area contributed by atoms with Gasteiger partial charge in [0.05, 0.1) is 0 Å². The van der Waals surface area contributed by atoms with Crippen molar-refractivity contribution in [3.05, 3.63) is 0 Å². The summed E-state index contributed by atoms with van der Waals surface area (Å²) < 4.78 is 0. The maximum atomic E-state index is 2.53. The van der Waals surface area contributed by atoms with Crippen molar-refractivity contribution in [2.75, 3.05) is 0 Å². The number of hydrogen-bond acceptors (Lipinski definition) is 0. The van der Waals surface area contributed by atoms with Crippen LogP contribution in [-0.2, 0) is 0 Å². The minimum absolute atomic E-state index is 0.542. The largest absolute Gasteiger partial charge is 0.0649 e. The van der Waals surface area contributed by atoms with Gasteiger partial charge in [-0.2, -0.15) is 0 Å². The maximum Gasteiger partial charge on any atom is -0.0297 e. The molecule has 0 bridgehead atoms. The van der Waals surface area contributed by atoms with Crippen molar-refractivity contribution in [2.45, 2.75) is 93.4 Å².